The summed E-state index contributed by atoms with van der Waals surface area (Å²) in [6.45, 7) is 2.31. The molecular weight excluding hydrogens is 150 g/mol. The molecule has 0 aromatic carbocycles. The van der Waals surface area contributed by atoms with Crippen LogP contribution in [0.4, 0.5) is 0 Å². The van der Waals surface area contributed by atoms with Crippen LogP contribution in [0.1, 0.15) is 13.3 Å². The van der Waals surface area contributed by atoms with E-state index >= 15 is 0 Å². The van der Waals surface area contributed by atoms with E-state index in [-0.39, 0.29) is 5.91 Å². The van der Waals surface area contributed by atoms with Crippen molar-refractivity contribution in [2.75, 3.05) is 18.6 Å². The summed E-state index contributed by atoms with van der Waals surface area (Å²) in [6.07, 6.45) is 2.12. The van der Waals surface area contributed by atoms with Gasteiger partial charge in [-0.05, 0) is 0 Å². The average molecular weight is 163 g/mol. The fraction of sp³-hybridized carbons (Fsp3) is 0.833. The van der Waals surface area contributed by atoms with Gasteiger partial charge in [-0.3, -0.25) is 4.79 Å². The lowest BCUT2D eigenvalue weighted by atomic mass is 10.4. The molecule has 4 heteroatoms. The fourth-order valence-corrected chi connectivity index (χ4v) is 0.849. The average Bonchev–Trinajstić information content (AvgIpc) is 1.87. The minimum atomic E-state index is -0.799. The van der Waals surface area contributed by atoms with Crippen LogP contribution in [-0.4, -0.2) is 29.0 Å². The molecule has 1 atom stereocenters. The molecule has 0 saturated carbocycles. The van der Waals surface area contributed by atoms with Gasteiger partial charge in [0.2, 0.25) is 5.91 Å². The smallest absolute Gasteiger partial charge is 0.219 e. The predicted octanol–water partition coefficient (Wildman–Crippen LogP) is -0.109. The molecule has 0 radical (unpaired) electrons. The van der Waals surface area contributed by atoms with Crippen LogP contribution < -0.4 is 5.32 Å². The Morgan fingerprint density at radius 3 is 2.70 bits per heavy atom. The monoisotopic (exact) mass is 163 g/mol. The Kier molecular flexibility index (Phi) is 5.43. The SMILES string of the molecule is CCC(=O)NCC[S+](C)[O-]. The van der Waals surface area contributed by atoms with Gasteiger partial charge in [-0.2, -0.15) is 0 Å². The summed E-state index contributed by atoms with van der Waals surface area (Å²) in [5, 5.41) is 2.63. The van der Waals surface area contributed by atoms with Crippen LogP contribution in [0.25, 0.3) is 0 Å². The predicted molar refractivity (Wildman–Crippen MR) is 42.2 cm³/mol. The van der Waals surface area contributed by atoms with Crippen LogP contribution in [0.15, 0.2) is 0 Å². The largest absolute Gasteiger partial charge is 0.617 e. The van der Waals surface area contributed by atoms with E-state index in [9.17, 15) is 9.35 Å². The van der Waals surface area contributed by atoms with E-state index in [1.165, 1.54) is 0 Å². The van der Waals surface area contributed by atoms with E-state index in [2.05, 4.69) is 5.32 Å². The molecule has 1 amide bonds. The van der Waals surface area contributed by atoms with Crippen molar-refractivity contribution in [3.05, 3.63) is 0 Å². The van der Waals surface area contributed by atoms with Crippen molar-refractivity contribution in [2.24, 2.45) is 0 Å². The first-order valence-electron chi connectivity index (χ1n) is 3.23. The Bertz CT molecular complexity index is 106. The number of rotatable bonds is 4. The van der Waals surface area contributed by atoms with E-state index in [0.717, 1.165) is 0 Å². The summed E-state index contributed by atoms with van der Waals surface area (Å²) in [6, 6.07) is 0. The first kappa shape index (κ1) is 9.78. The summed E-state index contributed by atoms with van der Waals surface area (Å²) >= 11 is -0.799. The van der Waals surface area contributed by atoms with Crippen molar-refractivity contribution in [1.82, 2.24) is 5.32 Å². The highest BCUT2D eigenvalue weighted by Gasteiger charge is 1.98. The molecule has 0 fully saturated rings. The Morgan fingerprint density at radius 2 is 2.30 bits per heavy atom. The molecule has 0 aliphatic carbocycles. The number of hydrogen-bond acceptors (Lipinski definition) is 2. The summed E-state index contributed by atoms with van der Waals surface area (Å²) in [4.78, 5) is 10.6. The zero-order valence-electron chi connectivity index (χ0n) is 6.35. The number of carbonyl (C=O) groups excluding carboxylic acids is 1. The summed E-state index contributed by atoms with van der Waals surface area (Å²) in [5.74, 6) is 0.566. The maximum absolute atomic E-state index is 10.6. The fourth-order valence-electron chi connectivity index (χ4n) is 0.459. The van der Waals surface area contributed by atoms with Crippen LogP contribution in [0.2, 0.25) is 0 Å². The molecule has 1 N–H and O–H groups in total. The highest BCUT2D eigenvalue weighted by Crippen LogP contribution is 1.80. The highest BCUT2D eigenvalue weighted by molar-refractivity contribution is 7.90. The zero-order valence-corrected chi connectivity index (χ0v) is 7.16. The lowest BCUT2D eigenvalue weighted by Crippen LogP contribution is -2.27. The molecular formula is C6H13NO2S. The number of amides is 1. The van der Waals surface area contributed by atoms with E-state index in [1.54, 1.807) is 13.2 Å². The van der Waals surface area contributed by atoms with Crippen molar-refractivity contribution in [1.29, 1.82) is 0 Å². The lowest BCUT2D eigenvalue weighted by molar-refractivity contribution is -0.120. The summed E-state index contributed by atoms with van der Waals surface area (Å²) < 4.78 is 10.5. The van der Waals surface area contributed by atoms with Crippen molar-refractivity contribution in [2.45, 2.75) is 13.3 Å². The highest BCUT2D eigenvalue weighted by atomic mass is 32.2. The van der Waals surface area contributed by atoms with Crippen LogP contribution in [0.3, 0.4) is 0 Å². The molecule has 0 aliphatic rings. The molecule has 0 aromatic heterocycles. The second-order valence-electron chi connectivity index (χ2n) is 1.98. The molecule has 0 heterocycles. The van der Waals surface area contributed by atoms with Gasteiger partial charge in [0.15, 0.2) is 0 Å². The normalized spacial score (nSPS) is 12.7. The Labute approximate surface area is 64.4 Å². The number of nitrogens with one attached hydrogen (secondary N) is 1. The van der Waals surface area contributed by atoms with Crippen LogP contribution in [0.5, 0.6) is 0 Å². The molecule has 0 spiro atoms. The molecule has 1 unspecified atom stereocenters. The number of carbonyl (C=O) groups is 1. The second-order valence-corrected chi connectivity index (χ2v) is 3.54. The minimum Gasteiger partial charge on any atom is -0.617 e. The van der Waals surface area contributed by atoms with Gasteiger partial charge in [-0.1, -0.05) is 18.1 Å². The summed E-state index contributed by atoms with van der Waals surface area (Å²) in [7, 11) is 0. The maximum Gasteiger partial charge on any atom is 0.219 e. The van der Waals surface area contributed by atoms with Gasteiger partial charge in [-0.25, -0.2) is 0 Å². The van der Waals surface area contributed by atoms with Gasteiger partial charge in [0.05, 0.1) is 12.8 Å². The van der Waals surface area contributed by atoms with Gasteiger partial charge in [-0.15, -0.1) is 0 Å². The van der Waals surface area contributed by atoms with Gasteiger partial charge in [0.25, 0.3) is 0 Å². The van der Waals surface area contributed by atoms with Gasteiger partial charge < -0.3 is 9.87 Å². The third-order valence-electron chi connectivity index (χ3n) is 1.03. The van der Waals surface area contributed by atoms with Crippen molar-refractivity contribution in [3.63, 3.8) is 0 Å². The molecule has 0 saturated heterocycles. The van der Waals surface area contributed by atoms with E-state index in [0.29, 0.717) is 18.7 Å². The van der Waals surface area contributed by atoms with E-state index in [1.807, 2.05) is 0 Å². The molecule has 60 valence electrons. The lowest BCUT2D eigenvalue weighted by Gasteiger charge is -2.04. The van der Waals surface area contributed by atoms with Gasteiger partial charge >= 0.3 is 0 Å². The van der Waals surface area contributed by atoms with Gasteiger partial charge in [0.1, 0.15) is 5.75 Å². The third-order valence-corrected chi connectivity index (χ3v) is 1.81. The number of hydrogen-bond donors (Lipinski definition) is 1. The maximum atomic E-state index is 10.6. The summed E-state index contributed by atoms with van der Waals surface area (Å²) in [5.41, 5.74) is 0. The van der Waals surface area contributed by atoms with E-state index < -0.39 is 11.2 Å². The molecule has 0 aliphatic heterocycles. The Hall–Kier alpha value is -0.220. The zero-order chi connectivity index (χ0) is 7.98. The molecule has 3 nitrogen and oxygen atoms in total. The molecule has 0 aromatic rings. The van der Waals surface area contributed by atoms with Crippen LogP contribution in [0, 0.1) is 0 Å². The van der Waals surface area contributed by atoms with Crippen LogP contribution in [-0.2, 0) is 16.0 Å². The van der Waals surface area contributed by atoms with Crippen molar-refractivity contribution in [3.8, 4) is 0 Å². The third kappa shape index (κ3) is 5.91. The first-order valence-corrected chi connectivity index (χ1v) is 4.96. The van der Waals surface area contributed by atoms with Gasteiger partial charge in [0, 0.05) is 6.42 Å². The standard InChI is InChI=1S/C6H13NO2S/c1-3-6(8)7-4-5-10(2)9/h3-5H2,1-2H3,(H,7,8). The molecule has 0 rings (SSSR count). The Morgan fingerprint density at radius 1 is 1.70 bits per heavy atom. The van der Waals surface area contributed by atoms with Crippen LogP contribution >= 0.6 is 0 Å². The quantitative estimate of drug-likeness (QED) is 0.588. The minimum absolute atomic E-state index is 0.0189. The van der Waals surface area contributed by atoms with Crippen molar-refractivity contribution >= 4 is 17.1 Å². The van der Waals surface area contributed by atoms with Crippen molar-refractivity contribution < 1.29 is 9.35 Å². The molecule has 0 bridgehead atoms. The molecule has 10 heavy (non-hydrogen) atoms. The first-order chi connectivity index (χ1) is 4.66. The Balaban J connectivity index is 3.12. The topological polar surface area (TPSA) is 52.2 Å². The second kappa shape index (κ2) is 5.56. The van der Waals surface area contributed by atoms with E-state index in [4.69, 9.17) is 0 Å².